The van der Waals surface area contributed by atoms with Gasteiger partial charge in [0.05, 0.1) is 22.7 Å². The van der Waals surface area contributed by atoms with E-state index in [9.17, 15) is 31.2 Å². The van der Waals surface area contributed by atoms with Gasteiger partial charge in [-0.05, 0) is 44.0 Å². The minimum absolute atomic E-state index is 0.163. The molecule has 2 aromatic carbocycles. The van der Waals surface area contributed by atoms with E-state index in [2.05, 4.69) is 5.32 Å². The molecule has 0 spiro atoms. The van der Waals surface area contributed by atoms with Crippen LogP contribution in [-0.4, -0.2) is 55.6 Å². The molecule has 2 aromatic rings. The van der Waals surface area contributed by atoms with Gasteiger partial charge in [0.25, 0.3) is 0 Å². The maximum atomic E-state index is 13.2. The molecule has 0 unspecified atom stereocenters. The van der Waals surface area contributed by atoms with Gasteiger partial charge in [-0.3, -0.25) is 9.59 Å². The highest BCUT2D eigenvalue weighted by molar-refractivity contribution is 7.89. The Kier molecular flexibility index (Phi) is 7.98. The average Bonchev–Trinajstić information content (AvgIpc) is 2.82. The fourth-order valence-corrected chi connectivity index (χ4v) is 5.38. The molecular formula is C23H26F3N3O4S. The number of carbonyl (C=O) groups excluding carboxylic acids is 2. The summed E-state index contributed by atoms with van der Waals surface area (Å²) in [4.78, 5) is 26.9. The van der Waals surface area contributed by atoms with Gasteiger partial charge in [0.15, 0.2) is 0 Å². The molecule has 1 N–H and O–H groups in total. The van der Waals surface area contributed by atoms with Crippen molar-refractivity contribution < 1.29 is 31.2 Å². The van der Waals surface area contributed by atoms with Crippen LogP contribution in [0.3, 0.4) is 0 Å². The summed E-state index contributed by atoms with van der Waals surface area (Å²) in [6, 6.07) is 12.7. The molecule has 2 amide bonds. The van der Waals surface area contributed by atoms with Gasteiger partial charge in [0.2, 0.25) is 21.8 Å². The zero-order valence-electron chi connectivity index (χ0n) is 18.6. The predicted molar refractivity (Wildman–Crippen MR) is 120 cm³/mol. The lowest BCUT2D eigenvalue weighted by Crippen LogP contribution is -2.46. The number of rotatable bonds is 7. The molecule has 0 bridgehead atoms. The molecule has 0 atom stereocenters. The zero-order chi connectivity index (χ0) is 24.9. The quantitative estimate of drug-likeness (QED) is 0.634. The third-order valence-corrected chi connectivity index (χ3v) is 7.63. The number of nitrogens with one attached hydrogen (secondary N) is 1. The van der Waals surface area contributed by atoms with Crippen molar-refractivity contribution in [2.75, 3.05) is 31.5 Å². The van der Waals surface area contributed by atoms with Crippen LogP contribution in [0.5, 0.6) is 0 Å². The van der Waals surface area contributed by atoms with Gasteiger partial charge in [0, 0.05) is 25.6 Å². The van der Waals surface area contributed by atoms with Crippen LogP contribution in [0.4, 0.5) is 18.9 Å². The van der Waals surface area contributed by atoms with E-state index in [1.165, 1.54) is 33.5 Å². The fraction of sp³-hybridized carbons (Fsp3) is 0.391. The minimum Gasteiger partial charge on any atom is -0.333 e. The summed E-state index contributed by atoms with van der Waals surface area (Å²) in [7, 11) is -3.65. The number of amides is 2. The number of alkyl halides is 3. The van der Waals surface area contributed by atoms with E-state index in [1.54, 1.807) is 25.1 Å². The molecule has 1 aliphatic rings. The van der Waals surface area contributed by atoms with Crippen LogP contribution in [0.1, 0.15) is 25.3 Å². The molecule has 184 valence electrons. The first-order valence-corrected chi connectivity index (χ1v) is 12.3. The summed E-state index contributed by atoms with van der Waals surface area (Å²) in [5, 5.41) is 2.24. The van der Waals surface area contributed by atoms with Gasteiger partial charge < -0.3 is 10.2 Å². The van der Waals surface area contributed by atoms with Crippen molar-refractivity contribution in [3.63, 3.8) is 0 Å². The van der Waals surface area contributed by atoms with Crippen molar-refractivity contribution in [3.8, 4) is 0 Å². The summed E-state index contributed by atoms with van der Waals surface area (Å²) >= 11 is 0. The van der Waals surface area contributed by atoms with Crippen molar-refractivity contribution in [2.24, 2.45) is 5.92 Å². The lowest BCUT2D eigenvalue weighted by atomic mass is 9.96. The highest BCUT2D eigenvalue weighted by Crippen LogP contribution is 2.34. The second-order valence-corrected chi connectivity index (χ2v) is 9.87. The SMILES string of the molecule is CCN(CC(=O)Nc1ccccc1C(F)(F)F)C(=O)C1CCN(S(=O)(=O)c2ccccc2)CC1. The van der Waals surface area contributed by atoms with E-state index < -0.39 is 40.1 Å². The number of halogens is 3. The molecule has 1 heterocycles. The number of sulfonamides is 1. The molecule has 0 aromatic heterocycles. The summed E-state index contributed by atoms with van der Waals surface area (Å²) in [5.74, 6) is -1.54. The van der Waals surface area contributed by atoms with E-state index in [0.29, 0.717) is 12.8 Å². The summed E-state index contributed by atoms with van der Waals surface area (Å²) in [6.07, 6.45) is -4.04. The van der Waals surface area contributed by atoms with Gasteiger partial charge in [-0.15, -0.1) is 0 Å². The molecule has 1 fully saturated rings. The Morgan fingerprint density at radius 2 is 1.62 bits per heavy atom. The zero-order valence-corrected chi connectivity index (χ0v) is 19.4. The molecule has 0 saturated carbocycles. The monoisotopic (exact) mass is 497 g/mol. The van der Waals surface area contributed by atoms with Gasteiger partial charge in [-0.1, -0.05) is 30.3 Å². The van der Waals surface area contributed by atoms with Crippen molar-refractivity contribution in [2.45, 2.75) is 30.8 Å². The fourth-order valence-electron chi connectivity index (χ4n) is 3.89. The van der Waals surface area contributed by atoms with Gasteiger partial charge >= 0.3 is 6.18 Å². The number of hydrogen-bond acceptors (Lipinski definition) is 4. The lowest BCUT2D eigenvalue weighted by Gasteiger charge is -2.33. The standard InChI is InChI=1S/C23H26F3N3O4S/c1-2-28(16-21(30)27-20-11-7-6-10-19(20)23(24,25)26)22(31)17-12-14-29(15-13-17)34(32,33)18-8-4-3-5-9-18/h3-11,17H,2,12-16H2,1H3,(H,27,30). The number of carbonyl (C=O) groups is 2. The number of piperidine rings is 1. The normalized spacial score (nSPS) is 15.6. The number of benzene rings is 2. The van der Waals surface area contributed by atoms with E-state index in [1.807, 2.05) is 0 Å². The third kappa shape index (κ3) is 5.95. The summed E-state index contributed by atoms with van der Waals surface area (Å²) in [6.45, 7) is 1.79. The number of para-hydroxylation sites is 1. The average molecular weight is 498 g/mol. The molecule has 1 aliphatic heterocycles. The van der Waals surface area contributed by atoms with Crippen molar-refractivity contribution in [1.29, 1.82) is 0 Å². The summed E-state index contributed by atoms with van der Waals surface area (Å²) < 4.78 is 66.4. The molecule has 0 radical (unpaired) electrons. The minimum atomic E-state index is -4.63. The van der Waals surface area contributed by atoms with Crippen LogP contribution in [-0.2, 0) is 25.8 Å². The lowest BCUT2D eigenvalue weighted by molar-refractivity contribution is -0.139. The van der Waals surface area contributed by atoms with E-state index >= 15 is 0 Å². The van der Waals surface area contributed by atoms with Crippen LogP contribution in [0.15, 0.2) is 59.5 Å². The Morgan fingerprint density at radius 1 is 1.03 bits per heavy atom. The maximum absolute atomic E-state index is 13.2. The smallest absolute Gasteiger partial charge is 0.333 e. The highest BCUT2D eigenvalue weighted by Gasteiger charge is 2.35. The molecule has 7 nitrogen and oxygen atoms in total. The van der Waals surface area contributed by atoms with E-state index in [0.717, 1.165) is 12.1 Å². The molecule has 1 saturated heterocycles. The second-order valence-electron chi connectivity index (χ2n) is 7.94. The van der Waals surface area contributed by atoms with E-state index in [4.69, 9.17) is 0 Å². The first kappa shape index (κ1) is 25.7. The van der Waals surface area contributed by atoms with Crippen LogP contribution < -0.4 is 5.32 Å². The first-order chi connectivity index (χ1) is 16.0. The molecule has 3 rings (SSSR count). The Labute approximate surface area is 196 Å². The van der Waals surface area contributed by atoms with Crippen LogP contribution in [0.25, 0.3) is 0 Å². The molecular weight excluding hydrogens is 471 g/mol. The van der Waals surface area contributed by atoms with Crippen LogP contribution in [0.2, 0.25) is 0 Å². The number of likely N-dealkylation sites (N-methyl/N-ethyl adjacent to an activating group) is 1. The van der Waals surface area contributed by atoms with Crippen molar-refractivity contribution in [3.05, 3.63) is 60.2 Å². The van der Waals surface area contributed by atoms with Crippen LogP contribution in [0, 0.1) is 5.92 Å². The molecule has 34 heavy (non-hydrogen) atoms. The second kappa shape index (κ2) is 10.6. The van der Waals surface area contributed by atoms with Crippen LogP contribution >= 0.6 is 0 Å². The summed E-state index contributed by atoms with van der Waals surface area (Å²) in [5.41, 5.74) is -1.34. The third-order valence-electron chi connectivity index (χ3n) is 5.72. The van der Waals surface area contributed by atoms with Crippen molar-refractivity contribution in [1.82, 2.24) is 9.21 Å². The Morgan fingerprint density at radius 3 is 2.21 bits per heavy atom. The van der Waals surface area contributed by atoms with Crippen molar-refractivity contribution >= 4 is 27.5 Å². The molecule has 0 aliphatic carbocycles. The van der Waals surface area contributed by atoms with Gasteiger partial charge in [0.1, 0.15) is 0 Å². The largest absolute Gasteiger partial charge is 0.418 e. The number of hydrogen-bond donors (Lipinski definition) is 1. The Bertz CT molecular complexity index is 1120. The van der Waals surface area contributed by atoms with Gasteiger partial charge in [-0.2, -0.15) is 17.5 Å². The maximum Gasteiger partial charge on any atom is 0.418 e. The Hall–Kier alpha value is -2.92. The molecule has 11 heteroatoms. The number of nitrogens with zero attached hydrogens (tertiary/aromatic N) is 2. The first-order valence-electron chi connectivity index (χ1n) is 10.8. The van der Waals surface area contributed by atoms with Gasteiger partial charge in [-0.25, -0.2) is 8.42 Å². The Balaban J connectivity index is 1.60. The highest BCUT2D eigenvalue weighted by atomic mass is 32.2. The number of anilines is 1. The topological polar surface area (TPSA) is 86.8 Å². The van der Waals surface area contributed by atoms with E-state index in [-0.39, 0.29) is 36.1 Å². The predicted octanol–water partition coefficient (Wildman–Crippen LogP) is 3.59.